The first-order valence-corrected chi connectivity index (χ1v) is 17.9. The van der Waals surface area contributed by atoms with E-state index in [4.69, 9.17) is 4.74 Å². The molecule has 1 fully saturated rings. The quantitative estimate of drug-likeness (QED) is 0.0988. The summed E-state index contributed by atoms with van der Waals surface area (Å²) in [6, 6.07) is 38.1. The number of unbranched alkanes of at least 4 members (excludes halogenated alkanes) is 1. The summed E-state index contributed by atoms with van der Waals surface area (Å²) in [5, 5.41) is 9.95. The summed E-state index contributed by atoms with van der Waals surface area (Å²) in [6.45, 7) is 3.68. The van der Waals surface area contributed by atoms with Crippen LogP contribution in [0.2, 0.25) is 0 Å². The average Bonchev–Trinajstić information content (AvgIpc) is 3.54. The van der Waals surface area contributed by atoms with E-state index >= 15 is 0 Å². The molecule has 0 saturated carbocycles. The lowest BCUT2D eigenvalue weighted by molar-refractivity contribution is -0.143. The van der Waals surface area contributed by atoms with Crippen molar-refractivity contribution in [2.45, 2.75) is 49.7 Å². The number of aromatic nitrogens is 3. The predicted molar refractivity (Wildman–Crippen MR) is 194 cm³/mol. The first kappa shape index (κ1) is 34.0. The molecule has 252 valence electrons. The molecule has 1 atom stereocenters. The molecule has 1 aromatic heterocycles. The maximum Gasteiger partial charge on any atom is 0.234 e. The highest BCUT2D eigenvalue weighted by Crippen LogP contribution is 2.29. The molecule has 49 heavy (non-hydrogen) atoms. The van der Waals surface area contributed by atoms with E-state index in [9.17, 15) is 9.59 Å². The summed E-state index contributed by atoms with van der Waals surface area (Å²) in [5.41, 5.74) is 4.13. The van der Waals surface area contributed by atoms with Gasteiger partial charge >= 0.3 is 0 Å². The lowest BCUT2D eigenvalue weighted by atomic mass is 9.89. The first-order chi connectivity index (χ1) is 24.0. The number of nitrogens with zero attached hydrogens (tertiary/aromatic N) is 5. The number of carbonyl (C=O) groups is 2. The van der Waals surface area contributed by atoms with Crippen LogP contribution in [-0.2, 0) is 16.0 Å². The van der Waals surface area contributed by atoms with E-state index in [0.29, 0.717) is 32.5 Å². The second-order valence-corrected chi connectivity index (χ2v) is 13.4. The van der Waals surface area contributed by atoms with E-state index in [0.717, 1.165) is 52.1 Å². The van der Waals surface area contributed by atoms with Gasteiger partial charge < -0.3 is 14.5 Å². The van der Waals surface area contributed by atoms with Crippen LogP contribution < -0.4 is 4.74 Å². The lowest BCUT2D eigenvalue weighted by Crippen LogP contribution is -2.56. The normalized spacial score (nSPS) is 14.6. The third kappa shape index (κ3) is 8.40. The summed E-state index contributed by atoms with van der Waals surface area (Å²) >= 11 is 1.66. The molecule has 9 heteroatoms. The largest absolute Gasteiger partial charge is 0.497 e. The summed E-state index contributed by atoms with van der Waals surface area (Å²) in [5.74, 6) is 2.37. The molecule has 2 heterocycles. The number of methoxy groups -OCH3 is 1. The van der Waals surface area contributed by atoms with Gasteiger partial charge in [0.2, 0.25) is 11.8 Å². The van der Waals surface area contributed by atoms with Gasteiger partial charge in [-0.25, -0.2) is 0 Å². The van der Waals surface area contributed by atoms with E-state index in [-0.39, 0.29) is 23.8 Å². The zero-order chi connectivity index (χ0) is 34.0. The lowest BCUT2D eigenvalue weighted by Gasteiger charge is -2.41. The first-order valence-electron chi connectivity index (χ1n) is 17.0. The Hall–Kier alpha value is -4.89. The molecular weight excluding hydrogens is 631 g/mol. The molecule has 0 bridgehead atoms. The van der Waals surface area contributed by atoms with Crippen LogP contribution in [0, 0.1) is 0 Å². The Labute approximate surface area is 293 Å². The van der Waals surface area contributed by atoms with Gasteiger partial charge in [0.05, 0.1) is 13.0 Å². The molecule has 0 aliphatic carbocycles. The molecule has 0 spiro atoms. The zero-order valence-electron chi connectivity index (χ0n) is 28.2. The number of rotatable bonds is 13. The van der Waals surface area contributed by atoms with Crippen LogP contribution in [0.4, 0.5) is 0 Å². The smallest absolute Gasteiger partial charge is 0.234 e. The molecule has 2 amide bonds. The Bertz CT molecular complexity index is 1760. The summed E-state index contributed by atoms with van der Waals surface area (Å²) in [7, 11) is 1.66. The molecule has 5 aromatic rings. The maximum atomic E-state index is 14.0. The molecule has 0 N–H and O–H groups in total. The standard InChI is InChI=1S/C40H43N5O3S/c1-30-29-43(25-26-44(30)39(47)38(32-16-8-4-9-17-32)33-18-10-5-11-19-33)37(46)20-12-13-27-49-40-42-41-36(28-31-14-6-3-7-15-31)45(40)34-21-23-35(48-2)24-22-34/h3-11,14-19,21-24,30,38H,12-13,20,25-29H2,1-2H3. The van der Waals surface area contributed by atoms with Crippen molar-refractivity contribution in [3.05, 3.63) is 138 Å². The Morgan fingerprint density at radius 3 is 2.06 bits per heavy atom. The van der Waals surface area contributed by atoms with Gasteiger partial charge in [-0.2, -0.15) is 0 Å². The topological polar surface area (TPSA) is 80.6 Å². The molecule has 1 aliphatic heterocycles. The minimum absolute atomic E-state index is 0.0647. The van der Waals surface area contributed by atoms with Crippen molar-refractivity contribution in [2.75, 3.05) is 32.5 Å². The number of thioether (sulfide) groups is 1. The van der Waals surface area contributed by atoms with Gasteiger partial charge in [0.15, 0.2) is 5.16 Å². The van der Waals surface area contributed by atoms with Gasteiger partial charge in [0.1, 0.15) is 11.6 Å². The highest BCUT2D eigenvalue weighted by Gasteiger charge is 2.34. The fourth-order valence-corrected chi connectivity index (χ4v) is 7.39. The third-order valence-electron chi connectivity index (χ3n) is 9.03. The van der Waals surface area contributed by atoms with Crippen molar-refractivity contribution in [1.82, 2.24) is 24.6 Å². The van der Waals surface area contributed by atoms with Gasteiger partial charge in [-0.05, 0) is 60.7 Å². The van der Waals surface area contributed by atoms with Gasteiger partial charge in [0, 0.05) is 50.0 Å². The Morgan fingerprint density at radius 1 is 0.816 bits per heavy atom. The summed E-state index contributed by atoms with van der Waals surface area (Å²) in [4.78, 5) is 31.1. The Kier molecular flexibility index (Phi) is 11.4. The van der Waals surface area contributed by atoms with Crippen LogP contribution in [0.3, 0.4) is 0 Å². The molecule has 8 nitrogen and oxygen atoms in total. The van der Waals surface area contributed by atoms with Crippen molar-refractivity contribution in [3.63, 3.8) is 0 Å². The molecule has 0 radical (unpaired) electrons. The number of hydrogen-bond acceptors (Lipinski definition) is 6. The molecule has 1 unspecified atom stereocenters. The number of carbonyl (C=O) groups excluding carboxylic acids is 2. The number of amides is 2. The maximum absolute atomic E-state index is 14.0. The van der Waals surface area contributed by atoms with E-state index in [1.807, 2.05) is 120 Å². The number of piperazine rings is 1. The average molecular weight is 674 g/mol. The van der Waals surface area contributed by atoms with Gasteiger partial charge in [-0.15, -0.1) is 10.2 Å². The van der Waals surface area contributed by atoms with Crippen LogP contribution >= 0.6 is 11.8 Å². The van der Waals surface area contributed by atoms with E-state index in [1.54, 1.807) is 18.9 Å². The van der Waals surface area contributed by atoms with Crippen molar-refractivity contribution in [2.24, 2.45) is 0 Å². The predicted octanol–water partition coefficient (Wildman–Crippen LogP) is 7.02. The Morgan fingerprint density at radius 2 is 1.45 bits per heavy atom. The monoisotopic (exact) mass is 673 g/mol. The van der Waals surface area contributed by atoms with E-state index in [2.05, 4.69) is 26.9 Å². The Balaban J connectivity index is 1.02. The van der Waals surface area contributed by atoms with Crippen LogP contribution in [-0.4, -0.2) is 74.9 Å². The molecule has 1 saturated heterocycles. The zero-order valence-corrected chi connectivity index (χ0v) is 29.0. The number of ether oxygens (including phenoxy) is 1. The van der Waals surface area contributed by atoms with Crippen LogP contribution in [0.25, 0.3) is 5.69 Å². The minimum atomic E-state index is -0.366. The van der Waals surface area contributed by atoms with Crippen LogP contribution in [0.1, 0.15) is 54.6 Å². The van der Waals surface area contributed by atoms with Gasteiger partial charge in [0.25, 0.3) is 0 Å². The van der Waals surface area contributed by atoms with Crippen molar-refractivity contribution in [3.8, 4) is 11.4 Å². The highest BCUT2D eigenvalue weighted by atomic mass is 32.2. The van der Waals surface area contributed by atoms with Gasteiger partial charge in [-0.3, -0.25) is 14.2 Å². The minimum Gasteiger partial charge on any atom is -0.497 e. The number of benzene rings is 4. The molecule has 6 rings (SSSR count). The second kappa shape index (κ2) is 16.5. The molecule has 1 aliphatic rings. The van der Waals surface area contributed by atoms with E-state index < -0.39 is 0 Å². The fraction of sp³-hybridized carbons (Fsp3) is 0.300. The number of hydrogen-bond donors (Lipinski definition) is 0. The van der Waals surface area contributed by atoms with Crippen molar-refractivity contribution >= 4 is 23.6 Å². The summed E-state index contributed by atoms with van der Waals surface area (Å²) in [6.07, 6.45) is 2.83. The van der Waals surface area contributed by atoms with Crippen molar-refractivity contribution < 1.29 is 14.3 Å². The van der Waals surface area contributed by atoms with Crippen molar-refractivity contribution in [1.29, 1.82) is 0 Å². The molecular formula is C40H43N5O3S. The highest BCUT2D eigenvalue weighted by molar-refractivity contribution is 7.99. The fourth-order valence-electron chi connectivity index (χ4n) is 6.42. The second-order valence-electron chi connectivity index (χ2n) is 12.4. The third-order valence-corrected chi connectivity index (χ3v) is 10.0. The van der Waals surface area contributed by atoms with Crippen LogP contribution in [0.5, 0.6) is 5.75 Å². The SMILES string of the molecule is COc1ccc(-n2c(Cc3ccccc3)nnc2SCCCCC(=O)N2CCN(C(=O)C(c3ccccc3)c3ccccc3)C(C)C2)cc1. The van der Waals surface area contributed by atoms with Gasteiger partial charge in [-0.1, -0.05) is 103 Å². The summed E-state index contributed by atoms with van der Waals surface area (Å²) < 4.78 is 7.48. The van der Waals surface area contributed by atoms with Crippen LogP contribution in [0.15, 0.2) is 120 Å². The molecule has 4 aromatic carbocycles. The van der Waals surface area contributed by atoms with E-state index in [1.165, 1.54) is 5.56 Å².